The molecular formula is C8H14N4O2. The van der Waals surface area contributed by atoms with Crippen molar-refractivity contribution in [1.29, 1.82) is 0 Å². The van der Waals surface area contributed by atoms with Gasteiger partial charge in [-0.05, 0) is 0 Å². The molecule has 6 heteroatoms. The van der Waals surface area contributed by atoms with Gasteiger partial charge in [0.1, 0.15) is 0 Å². The number of aromatic nitrogens is 3. The number of nitrogens with one attached hydrogen (secondary N) is 1. The first kappa shape index (κ1) is 10.6. The molecule has 0 radical (unpaired) electrons. The number of carbonyl (C=O) groups is 1. The molecule has 1 unspecified atom stereocenters. The Labute approximate surface area is 81.9 Å². The molecular weight excluding hydrogens is 184 g/mol. The normalized spacial score (nSPS) is 12.6. The third-order valence-electron chi connectivity index (χ3n) is 1.86. The number of hydrogen-bond acceptors (Lipinski definition) is 4. The zero-order chi connectivity index (χ0) is 10.4. The van der Waals surface area contributed by atoms with Gasteiger partial charge in [-0.3, -0.25) is 9.48 Å². The van der Waals surface area contributed by atoms with Crippen molar-refractivity contribution in [3.05, 3.63) is 12.4 Å². The predicted octanol–water partition coefficient (Wildman–Crippen LogP) is -0.412. The van der Waals surface area contributed by atoms with E-state index in [0.717, 1.165) is 0 Å². The summed E-state index contributed by atoms with van der Waals surface area (Å²) in [5.41, 5.74) is 0. The molecule has 0 aromatic carbocycles. The third-order valence-corrected chi connectivity index (χ3v) is 1.86. The Hall–Kier alpha value is -1.43. The predicted molar refractivity (Wildman–Crippen MR) is 49.7 cm³/mol. The molecule has 78 valence electrons. The molecule has 14 heavy (non-hydrogen) atoms. The van der Waals surface area contributed by atoms with Gasteiger partial charge in [0.25, 0.3) is 0 Å². The number of hydrogen-bond donors (Lipinski definition) is 2. The molecule has 0 bridgehead atoms. The fraction of sp³-hybridized carbons (Fsp3) is 0.625. The van der Waals surface area contributed by atoms with Crippen molar-refractivity contribution in [1.82, 2.24) is 20.3 Å². The van der Waals surface area contributed by atoms with Gasteiger partial charge < -0.3 is 10.4 Å². The molecule has 2 N–H and O–H groups in total. The average Bonchev–Trinajstić information content (AvgIpc) is 2.64. The van der Waals surface area contributed by atoms with E-state index in [1.807, 2.05) is 0 Å². The van der Waals surface area contributed by atoms with E-state index in [1.54, 1.807) is 24.0 Å². The molecule has 0 aliphatic rings. The van der Waals surface area contributed by atoms with Gasteiger partial charge >= 0.3 is 5.97 Å². The summed E-state index contributed by atoms with van der Waals surface area (Å²) < 4.78 is 1.69. The van der Waals surface area contributed by atoms with Gasteiger partial charge in [-0.1, -0.05) is 12.1 Å². The van der Waals surface area contributed by atoms with Gasteiger partial charge in [0.05, 0.1) is 18.7 Å². The third kappa shape index (κ3) is 3.53. The van der Waals surface area contributed by atoms with Crippen LogP contribution in [-0.2, 0) is 11.3 Å². The first-order chi connectivity index (χ1) is 6.70. The van der Waals surface area contributed by atoms with Crippen LogP contribution in [0.4, 0.5) is 0 Å². The van der Waals surface area contributed by atoms with E-state index < -0.39 is 5.97 Å². The van der Waals surface area contributed by atoms with Crippen molar-refractivity contribution in [3.63, 3.8) is 0 Å². The maximum Gasteiger partial charge on any atom is 0.307 e. The van der Waals surface area contributed by atoms with Gasteiger partial charge in [0.2, 0.25) is 0 Å². The molecule has 0 saturated carbocycles. The number of nitrogens with zero attached hydrogens (tertiary/aromatic N) is 3. The van der Waals surface area contributed by atoms with Crippen LogP contribution in [0.1, 0.15) is 6.92 Å². The molecule has 1 aromatic rings. The van der Waals surface area contributed by atoms with E-state index in [2.05, 4.69) is 15.6 Å². The van der Waals surface area contributed by atoms with E-state index >= 15 is 0 Å². The van der Waals surface area contributed by atoms with Gasteiger partial charge in [0, 0.05) is 19.3 Å². The van der Waals surface area contributed by atoms with Crippen LogP contribution in [0.3, 0.4) is 0 Å². The summed E-state index contributed by atoms with van der Waals surface area (Å²) in [5, 5.41) is 19.1. The summed E-state index contributed by atoms with van der Waals surface area (Å²) in [6.07, 6.45) is 3.38. The summed E-state index contributed by atoms with van der Waals surface area (Å²) in [6, 6.07) is 0. The quantitative estimate of drug-likeness (QED) is 0.607. The lowest BCUT2D eigenvalue weighted by Crippen LogP contribution is -2.29. The highest BCUT2D eigenvalue weighted by Gasteiger charge is 2.08. The highest BCUT2D eigenvalue weighted by atomic mass is 16.4. The van der Waals surface area contributed by atoms with Crippen LogP contribution in [0.5, 0.6) is 0 Å². The van der Waals surface area contributed by atoms with E-state index in [9.17, 15) is 4.79 Å². The second-order valence-corrected chi connectivity index (χ2v) is 3.11. The molecule has 0 amide bonds. The zero-order valence-electron chi connectivity index (χ0n) is 8.05. The molecule has 1 aromatic heterocycles. The average molecular weight is 198 g/mol. The van der Waals surface area contributed by atoms with Crippen molar-refractivity contribution in [2.24, 2.45) is 5.92 Å². The number of carboxylic acids is 1. The minimum absolute atomic E-state index is 0.356. The van der Waals surface area contributed by atoms with E-state index in [0.29, 0.717) is 19.6 Å². The summed E-state index contributed by atoms with van der Waals surface area (Å²) in [7, 11) is 0. The van der Waals surface area contributed by atoms with Gasteiger partial charge in [-0.2, -0.15) is 0 Å². The Morgan fingerprint density at radius 1 is 1.71 bits per heavy atom. The lowest BCUT2D eigenvalue weighted by molar-refractivity contribution is -0.140. The second-order valence-electron chi connectivity index (χ2n) is 3.11. The molecule has 0 spiro atoms. The van der Waals surface area contributed by atoms with Crippen LogP contribution in [0, 0.1) is 5.92 Å². The number of rotatable bonds is 6. The highest BCUT2D eigenvalue weighted by molar-refractivity contribution is 5.69. The molecule has 1 rings (SSSR count). The molecule has 1 atom stereocenters. The lowest BCUT2D eigenvalue weighted by atomic mass is 10.2. The van der Waals surface area contributed by atoms with E-state index in [-0.39, 0.29) is 5.92 Å². The van der Waals surface area contributed by atoms with Crippen molar-refractivity contribution in [2.45, 2.75) is 13.5 Å². The van der Waals surface area contributed by atoms with Crippen molar-refractivity contribution >= 4 is 5.97 Å². The van der Waals surface area contributed by atoms with E-state index in [1.165, 1.54) is 0 Å². The Kier molecular flexibility index (Phi) is 4.06. The summed E-state index contributed by atoms with van der Waals surface area (Å²) >= 11 is 0. The fourth-order valence-corrected chi connectivity index (χ4v) is 0.951. The van der Waals surface area contributed by atoms with Gasteiger partial charge in [-0.15, -0.1) is 5.10 Å². The zero-order valence-corrected chi connectivity index (χ0v) is 8.05. The maximum absolute atomic E-state index is 10.5. The molecule has 0 aliphatic heterocycles. The monoisotopic (exact) mass is 198 g/mol. The Morgan fingerprint density at radius 3 is 3.07 bits per heavy atom. The number of aliphatic carboxylic acids is 1. The summed E-state index contributed by atoms with van der Waals surface area (Å²) in [4.78, 5) is 10.5. The summed E-state index contributed by atoms with van der Waals surface area (Å²) in [5.74, 6) is -1.14. The maximum atomic E-state index is 10.5. The molecule has 6 nitrogen and oxygen atoms in total. The van der Waals surface area contributed by atoms with Crippen LogP contribution >= 0.6 is 0 Å². The smallest absolute Gasteiger partial charge is 0.307 e. The van der Waals surface area contributed by atoms with Crippen LogP contribution in [0.2, 0.25) is 0 Å². The Bertz CT molecular complexity index is 273. The first-order valence-electron chi connectivity index (χ1n) is 4.48. The van der Waals surface area contributed by atoms with E-state index in [4.69, 9.17) is 5.11 Å². The SMILES string of the molecule is CC(CNCCn1ccnn1)C(=O)O. The molecule has 0 aliphatic carbocycles. The van der Waals surface area contributed by atoms with Crippen molar-refractivity contribution < 1.29 is 9.90 Å². The second kappa shape index (κ2) is 5.33. The van der Waals surface area contributed by atoms with Crippen LogP contribution in [0.25, 0.3) is 0 Å². The minimum atomic E-state index is -0.779. The standard InChI is InChI=1S/C8H14N4O2/c1-7(8(13)14)6-9-2-4-12-5-3-10-11-12/h3,5,7,9H,2,4,6H2,1H3,(H,13,14). The van der Waals surface area contributed by atoms with Crippen LogP contribution in [-0.4, -0.2) is 39.2 Å². The lowest BCUT2D eigenvalue weighted by Gasteiger charge is -2.07. The Balaban J connectivity index is 2.08. The fourth-order valence-electron chi connectivity index (χ4n) is 0.951. The van der Waals surface area contributed by atoms with Crippen molar-refractivity contribution in [3.8, 4) is 0 Å². The molecule has 0 fully saturated rings. The minimum Gasteiger partial charge on any atom is -0.481 e. The van der Waals surface area contributed by atoms with Gasteiger partial charge in [0.15, 0.2) is 0 Å². The highest BCUT2D eigenvalue weighted by Crippen LogP contribution is 1.90. The summed E-state index contributed by atoms with van der Waals surface area (Å²) in [6.45, 7) is 3.54. The Morgan fingerprint density at radius 2 is 2.50 bits per heavy atom. The first-order valence-corrected chi connectivity index (χ1v) is 4.48. The van der Waals surface area contributed by atoms with Gasteiger partial charge in [-0.25, -0.2) is 0 Å². The van der Waals surface area contributed by atoms with Crippen LogP contribution in [0.15, 0.2) is 12.4 Å². The number of carboxylic acid groups (broad SMARTS) is 1. The largest absolute Gasteiger partial charge is 0.481 e. The van der Waals surface area contributed by atoms with Crippen LogP contribution < -0.4 is 5.32 Å². The molecule has 1 heterocycles. The van der Waals surface area contributed by atoms with Crippen molar-refractivity contribution in [2.75, 3.05) is 13.1 Å². The molecule has 0 saturated heterocycles. The topological polar surface area (TPSA) is 80.0 Å².